The second-order valence-electron chi connectivity index (χ2n) is 7.27. The van der Waals surface area contributed by atoms with Crippen LogP contribution >= 0.6 is 0 Å². The number of nitrogens with zero attached hydrogens (tertiary/aromatic N) is 5. The van der Waals surface area contributed by atoms with Crippen LogP contribution in [0.15, 0.2) is 37.2 Å². The third-order valence-electron chi connectivity index (χ3n) is 5.15. The van der Waals surface area contributed by atoms with E-state index in [-0.39, 0.29) is 18.4 Å². The number of hydrogen-bond acceptors (Lipinski definition) is 4. The van der Waals surface area contributed by atoms with Gasteiger partial charge in [-0.3, -0.25) is 9.48 Å². The molecular weight excluding hydrogens is 383 g/mol. The number of carbonyl (C=O) groups excluding carboxylic acids is 1. The Morgan fingerprint density at radius 1 is 1.45 bits per heavy atom. The lowest BCUT2D eigenvalue weighted by molar-refractivity contribution is -0.132. The Labute approximate surface area is 167 Å². The lowest BCUT2D eigenvalue weighted by Gasteiger charge is -2.22. The third-order valence-corrected chi connectivity index (χ3v) is 5.15. The van der Waals surface area contributed by atoms with E-state index in [2.05, 4.69) is 16.7 Å². The maximum atomic E-state index is 12.6. The van der Waals surface area contributed by atoms with Crippen LogP contribution in [-0.4, -0.2) is 58.4 Å². The summed E-state index contributed by atoms with van der Waals surface area (Å²) in [6.45, 7) is 4.54. The first-order valence-corrected chi connectivity index (χ1v) is 9.37. The number of aromatic nitrogens is 3. The van der Waals surface area contributed by atoms with Crippen molar-refractivity contribution in [2.75, 3.05) is 31.6 Å². The lowest BCUT2D eigenvalue weighted by atomic mass is 9.93. The van der Waals surface area contributed by atoms with E-state index in [1.807, 2.05) is 12.3 Å². The van der Waals surface area contributed by atoms with Gasteiger partial charge in [0.25, 0.3) is 0 Å². The number of hydrogen-bond donors (Lipinski definition) is 0. The Balaban J connectivity index is 1.90. The van der Waals surface area contributed by atoms with Gasteiger partial charge in [-0.2, -0.15) is 18.3 Å². The quantitative estimate of drug-likeness (QED) is 0.689. The zero-order valence-electron chi connectivity index (χ0n) is 16.5. The first kappa shape index (κ1) is 20.9. The van der Waals surface area contributed by atoms with Crippen LogP contribution in [0.1, 0.15) is 24.3 Å². The molecule has 0 N–H and O–H groups in total. The van der Waals surface area contributed by atoms with Crippen LogP contribution in [0, 0.1) is 0 Å². The molecule has 0 radical (unpaired) electrons. The van der Waals surface area contributed by atoms with E-state index >= 15 is 0 Å². The number of aryl methyl sites for hydroxylation is 1. The van der Waals surface area contributed by atoms with Crippen LogP contribution in [0.25, 0.3) is 11.3 Å². The standard InChI is InChI=1S/C20H24F3N5O/c1-4-19(29)28-9-5-14(13-28)16-12-24-18(26(2)10-7-20(21,22)23)11-15(16)17-6-8-27(3)25-17/h4,6,8,11-12,14H,1,5,7,9-10,13H2,2-3H3. The molecule has 1 aliphatic rings. The fourth-order valence-corrected chi connectivity index (χ4v) is 3.52. The monoisotopic (exact) mass is 407 g/mol. The summed E-state index contributed by atoms with van der Waals surface area (Å²) < 4.78 is 39.4. The molecule has 3 heterocycles. The second kappa shape index (κ2) is 8.26. The molecule has 0 bridgehead atoms. The fourth-order valence-electron chi connectivity index (χ4n) is 3.52. The third kappa shape index (κ3) is 4.96. The Morgan fingerprint density at radius 3 is 2.83 bits per heavy atom. The maximum absolute atomic E-state index is 12.6. The van der Waals surface area contributed by atoms with Crippen molar-refractivity contribution in [3.63, 3.8) is 0 Å². The molecule has 1 unspecified atom stereocenters. The Kier molecular flexibility index (Phi) is 5.95. The van der Waals surface area contributed by atoms with Gasteiger partial charge in [-0.15, -0.1) is 0 Å². The van der Waals surface area contributed by atoms with Crippen LogP contribution in [-0.2, 0) is 11.8 Å². The van der Waals surface area contributed by atoms with Crippen molar-refractivity contribution in [2.24, 2.45) is 7.05 Å². The van der Waals surface area contributed by atoms with Crippen molar-refractivity contribution in [1.82, 2.24) is 19.7 Å². The number of rotatable bonds is 6. The predicted octanol–water partition coefficient (Wildman–Crippen LogP) is 3.37. The Morgan fingerprint density at radius 2 is 2.21 bits per heavy atom. The van der Waals surface area contributed by atoms with Gasteiger partial charge < -0.3 is 9.80 Å². The van der Waals surface area contributed by atoms with Gasteiger partial charge in [0, 0.05) is 57.6 Å². The summed E-state index contributed by atoms with van der Waals surface area (Å²) in [6.07, 6.45) is 0.476. The fraction of sp³-hybridized carbons (Fsp3) is 0.450. The molecule has 9 heteroatoms. The molecule has 0 aromatic carbocycles. The number of amides is 1. The van der Waals surface area contributed by atoms with Gasteiger partial charge in [-0.05, 0) is 30.2 Å². The number of carbonyl (C=O) groups is 1. The van der Waals surface area contributed by atoms with Gasteiger partial charge in [-0.1, -0.05) is 6.58 Å². The van der Waals surface area contributed by atoms with Crippen molar-refractivity contribution in [3.05, 3.63) is 42.7 Å². The highest BCUT2D eigenvalue weighted by atomic mass is 19.4. The molecule has 0 saturated carbocycles. The molecule has 0 spiro atoms. The molecule has 0 aliphatic carbocycles. The number of pyridine rings is 1. The molecule has 2 aromatic rings. The SMILES string of the molecule is C=CC(=O)N1CCC(c2cnc(N(C)CCC(F)(F)F)cc2-c2ccn(C)n2)C1. The molecule has 1 fully saturated rings. The minimum absolute atomic E-state index is 0.0814. The largest absolute Gasteiger partial charge is 0.390 e. The summed E-state index contributed by atoms with van der Waals surface area (Å²) in [5.41, 5.74) is 2.49. The Hall–Kier alpha value is -2.84. The van der Waals surface area contributed by atoms with Gasteiger partial charge >= 0.3 is 6.18 Å². The van der Waals surface area contributed by atoms with Crippen LogP contribution in [0.2, 0.25) is 0 Å². The molecule has 29 heavy (non-hydrogen) atoms. The summed E-state index contributed by atoms with van der Waals surface area (Å²) in [6, 6.07) is 3.64. The van der Waals surface area contributed by atoms with Crippen LogP contribution < -0.4 is 4.90 Å². The summed E-state index contributed by atoms with van der Waals surface area (Å²) >= 11 is 0. The first-order valence-electron chi connectivity index (χ1n) is 9.37. The molecular formula is C20H24F3N5O. The van der Waals surface area contributed by atoms with Crippen molar-refractivity contribution in [1.29, 1.82) is 0 Å². The van der Waals surface area contributed by atoms with E-state index in [0.29, 0.717) is 18.9 Å². The molecule has 2 aromatic heterocycles. The smallest absolute Gasteiger partial charge is 0.359 e. The number of anilines is 1. The number of likely N-dealkylation sites (tertiary alicyclic amines) is 1. The van der Waals surface area contributed by atoms with Gasteiger partial charge in [0.15, 0.2) is 0 Å². The molecule has 6 nitrogen and oxygen atoms in total. The Bertz CT molecular complexity index is 892. The van der Waals surface area contributed by atoms with Crippen molar-refractivity contribution < 1.29 is 18.0 Å². The van der Waals surface area contributed by atoms with Crippen molar-refractivity contribution in [2.45, 2.75) is 24.9 Å². The van der Waals surface area contributed by atoms with E-state index in [1.165, 1.54) is 11.0 Å². The summed E-state index contributed by atoms with van der Waals surface area (Å²) in [5.74, 6) is 0.428. The van der Waals surface area contributed by atoms with E-state index < -0.39 is 12.6 Å². The highest BCUT2D eigenvalue weighted by Gasteiger charge is 2.30. The zero-order chi connectivity index (χ0) is 21.2. The first-order chi connectivity index (χ1) is 13.7. The minimum atomic E-state index is -4.22. The average Bonchev–Trinajstić information content (AvgIpc) is 3.33. The predicted molar refractivity (Wildman–Crippen MR) is 105 cm³/mol. The molecule has 1 atom stereocenters. The zero-order valence-corrected chi connectivity index (χ0v) is 16.5. The maximum Gasteiger partial charge on any atom is 0.390 e. The van der Waals surface area contributed by atoms with Crippen LogP contribution in [0.4, 0.5) is 19.0 Å². The van der Waals surface area contributed by atoms with Gasteiger partial charge in [0.05, 0.1) is 12.1 Å². The van der Waals surface area contributed by atoms with Crippen LogP contribution in [0.5, 0.6) is 0 Å². The topological polar surface area (TPSA) is 54.3 Å². The second-order valence-corrected chi connectivity index (χ2v) is 7.27. The number of halogens is 3. The van der Waals surface area contributed by atoms with E-state index in [9.17, 15) is 18.0 Å². The number of alkyl halides is 3. The van der Waals surface area contributed by atoms with E-state index in [1.54, 1.807) is 35.9 Å². The van der Waals surface area contributed by atoms with Gasteiger partial charge in [-0.25, -0.2) is 4.98 Å². The normalized spacial score (nSPS) is 16.9. The highest BCUT2D eigenvalue weighted by molar-refractivity contribution is 5.87. The molecule has 1 aliphatic heterocycles. The molecule has 3 rings (SSSR count). The summed E-state index contributed by atoms with van der Waals surface area (Å²) in [4.78, 5) is 19.6. The van der Waals surface area contributed by atoms with Crippen LogP contribution in [0.3, 0.4) is 0 Å². The highest BCUT2D eigenvalue weighted by Crippen LogP contribution is 2.35. The van der Waals surface area contributed by atoms with Crippen molar-refractivity contribution in [3.8, 4) is 11.3 Å². The molecule has 156 valence electrons. The lowest BCUT2D eigenvalue weighted by Crippen LogP contribution is -2.26. The summed E-state index contributed by atoms with van der Waals surface area (Å²) in [5, 5.41) is 4.46. The van der Waals surface area contributed by atoms with Crippen molar-refractivity contribution >= 4 is 11.7 Å². The van der Waals surface area contributed by atoms with Gasteiger partial charge in [0.1, 0.15) is 5.82 Å². The molecule has 1 saturated heterocycles. The minimum Gasteiger partial charge on any atom is -0.359 e. The van der Waals surface area contributed by atoms with Gasteiger partial charge in [0.2, 0.25) is 5.91 Å². The average molecular weight is 407 g/mol. The molecule has 1 amide bonds. The van der Waals surface area contributed by atoms with E-state index in [0.717, 1.165) is 23.2 Å². The summed E-state index contributed by atoms with van der Waals surface area (Å²) in [7, 11) is 3.40. The van der Waals surface area contributed by atoms with E-state index in [4.69, 9.17) is 0 Å².